The number of carbonyl (C=O) groups is 1. The number of benzene rings is 2. The van der Waals surface area contributed by atoms with Gasteiger partial charge in [-0.15, -0.1) is 0 Å². The van der Waals surface area contributed by atoms with Gasteiger partial charge in [0.25, 0.3) is 0 Å². The predicted molar refractivity (Wildman–Crippen MR) is 77.5 cm³/mol. The SMILES string of the molecule is Cc1cccc(-n2cnc3ccc(C(=O)O)cc32)c1C#N. The predicted octanol–water partition coefficient (Wildman–Crippen LogP) is 2.90. The minimum absolute atomic E-state index is 0.190. The highest BCUT2D eigenvalue weighted by Gasteiger charge is 2.12. The van der Waals surface area contributed by atoms with Gasteiger partial charge < -0.3 is 5.11 Å². The fraction of sp³-hybridized carbons (Fsp3) is 0.0625. The maximum atomic E-state index is 11.1. The molecule has 0 saturated heterocycles. The smallest absolute Gasteiger partial charge is 0.335 e. The van der Waals surface area contributed by atoms with E-state index in [2.05, 4.69) is 11.1 Å². The fourth-order valence-corrected chi connectivity index (χ4v) is 2.33. The van der Waals surface area contributed by atoms with Crippen LogP contribution < -0.4 is 0 Å². The van der Waals surface area contributed by atoms with Crippen LogP contribution in [0, 0.1) is 18.3 Å². The number of aromatic nitrogens is 2. The number of fused-ring (bicyclic) bond motifs is 1. The number of aryl methyl sites for hydroxylation is 1. The minimum Gasteiger partial charge on any atom is -0.478 e. The summed E-state index contributed by atoms with van der Waals surface area (Å²) >= 11 is 0. The summed E-state index contributed by atoms with van der Waals surface area (Å²) in [6.45, 7) is 1.86. The molecule has 1 aromatic heterocycles. The Morgan fingerprint density at radius 2 is 2.14 bits per heavy atom. The molecular weight excluding hydrogens is 266 g/mol. The van der Waals surface area contributed by atoms with E-state index in [9.17, 15) is 10.1 Å². The first-order chi connectivity index (χ1) is 10.1. The minimum atomic E-state index is -0.991. The number of hydrogen-bond acceptors (Lipinski definition) is 3. The van der Waals surface area contributed by atoms with Crippen LogP contribution >= 0.6 is 0 Å². The Morgan fingerprint density at radius 3 is 2.86 bits per heavy atom. The van der Waals surface area contributed by atoms with Crippen LogP contribution in [-0.4, -0.2) is 20.6 Å². The maximum Gasteiger partial charge on any atom is 0.335 e. The zero-order chi connectivity index (χ0) is 15.0. The molecule has 3 rings (SSSR count). The zero-order valence-corrected chi connectivity index (χ0v) is 11.2. The lowest BCUT2D eigenvalue weighted by Gasteiger charge is -2.08. The Kier molecular flexibility index (Phi) is 2.92. The molecule has 5 nitrogen and oxygen atoms in total. The first-order valence-electron chi connectivity index (χ1n) is 6.32. The van der Waals surface area contributed by atoms with Gasteiger partial charge in [-0.3, -0.25) is 4.57 Å². The van der Waals surface area contributed by atoms with Gasteiger partial charge in [0.2, 0.25) is 0 Å². The zero-order valence-electron chi connectivity index (χ0n) is 11.2. The molecule has 102 valence electrons. The molecule has 3 aromatic rings. The Hall–Kier alpha value is -3.13. The van der Waals surface area contributed by atoms with Gasteiger partial charge in [-0.2, -0.15) is 5.26 Å². The summed E-state index contributed by atoms with van der Waals surface area (Å²) in [5.74, 6) is -0.991. The van der Waals surface area contributed by atoms with Crippen molar-refractivity contribution in [2.24, 2.45) is 0 Å². The van der Waals surface area contributed by atoms with Crippen molar-refractivity contribution < 1.29 is 9.90 Å². The van der Waals surface area contributed by atoms with E-state index in [1.165, 1.54) is 6.07 Å². The van der Waals surface area contributed by atoms with Crippen molar-refractivity contribution in [1.29, 1.82) is 5.26 Å². The maximum absolute atomic E-state index is 11.1. The largest absolute Gasteiger partial charge is 0.478 e. The van der Waals surface area contributed by atoms with Crippen LogP contribution in [0.4, 0.5) is 0 Å². The van der Waals surface area contributed by atoms with E-state index in [4.69, 9.17) is 5.11 Å². The third-order valence-corrected chi connectivity index (χ3v) is 3.42. The fourth-order valence-electron chi connectivity index (χ4n) is 2.33. The molecular formula is C16H11N3O2. The van der Waals surface area contributed by atoms with Gasteiger partial charge in [-0.1, -0.05) is 12.1 Å². The average Bonchev–Trinajstić information content (AvgIpc) is 2.89. The molecule has 0 aliphatic heterocycles. The summed E-state index contributed by atoms with van der Waals surface area (Å²) < 4.78 is 1.74. The van der Waals surface area contributed by atoms with Gasteiger partial charge in [-0.25, -0.2) is 9.78 Å². The quantitative estimate of drug-likeness (QED) is 0.781. The molecule has 0 atom stereocenters. The van der Waals surface area contributed by atoms with Crippen LogP contribution in [0.25, 0.3) is 16.7 Å². The second-order valence-corrected chi connectivity index (χ2v) is 4.70. The van der Waals surface area contributed by atoms with Crippen molar-refractivity contribution >= 4 is 17.0 Å². The third-order valence-electron chi connectivity index (χ3n) is 3.42. The second kappa shape index (κ2) is 4.76. The van der Waals surface area contributed by atoms with Gasteiger partial charge in [0.05, 0.1) is 27.8 Å². The second-order valence-electron chi connectivity index (χ2n) is 4.70. The molecule has 0 aliphatic rings. The molecule has 0 bridgehead atoms. The molecule has 0 radical (unpaired) electrons. The van der Waals surface area contributed by atoms with Crippen LogP contribution in [0.2, 0.25) is 0 Å². The van der Waals surface area contributed by atoms with Crippen LogP contribution in [0.3, 0.4) is 0 Å². The van der Waals surface area contributed by atoms with E-state index in [-0.39, 0.29) is 5.56 Å². The molecule has 0 aliphatic carbocycles. The summed E-state index contributed by atoms with van der Waals surface area (Å²) in [7, 11) is 0. The number of carboxylic acid groups (broad SMARTS) is 1. The highest BCUT2D eigenvalue weighted by Crippen LogP contribution is 2.23. The summed E-state index contributed by atoms with van der Waals surface area (Å²) in [6.07, 6.45) is 1.60. The normalized spacial score (nSPS) is 10.5. The topological polar surface area (TPSA) is 78.9 Å². The number of nitriles is 1. The van der Waals surface area contributed by atoms with Gasteiger partial charge in [0.1, 0.15) is 12.4 Å². The van der Waals surface area contributed by atoms with Gasteiger partial charge in [0.15, 0.2) is 0 Å². The first-order valence-corrected chi connectivity index (χ1v) is 6.32. The monoisotopic (exact) mass is 277 g/mol. The lowest BCUT2D eigenvalue weighted by molar-refractivity contribution is 0.0697. The van der Waals surface area contributed by atoms with E-state index in [0.717, 1.165) is 5.56 Å². The summed E-state index contributed by atoms with van der Waals surface area (Å²) in [4.78, 5) is 15.4. The molecule has 0 unspecified atom stereocenters. The number of carboxylic acids is 1. The van der Waals surface area contributed by atoms with Crippen LogP contribution in [0.1, 0.15) is 21.5 Å². The summed E-state index contributed by atoms with van der Waals surface area (Å²) in [6, 6.07) is 12.5. The number of imidazole rings is 1. The third kappa shape index (κ3) is 2.03. The van der Waals surface area contributed by atoms with Crippen LogP contribution in [-0.2, 0) is 0 Å². The molecule has 2 aromatic carbocycles. The molecule has 21 heavy (non-hydrogen) atoms. The average molecular weight is 277 g/mol. The van der Waals surface area contributed by atoms with E-state index >= 15 is 0 Å². The molecule has 0 saturated carbocycles. The van der Waals surface area contributed by atoms with Crippen molar-refractivity contribution in [3.63, 3.8) is 0 Å². The standard InChI is InChI=1S/C16H11N3O2/c1-10-3-2-4-14(12(10)8-17)19-9-18-13-6-5-11(16(20)21)7-15(13)19/h2-7,9H,1H3,(H,20,21). The van der Waals surface area contributed by atoms with Crippen molar-refractivity contribution in [3.05, 3.63) is 59.4 Å². The molecule has 5 heteroatoms. The lowest BCUT2D eigenvalue weighted by Crippen LogP contribution is -2.00. The molecule has 0 amide bonds. The Labute approximate surface area is 120 Å². The van der Waals surface area contributed by atoms with Crippen molar-refractivity contribution in [1.82, 2.24) is 9.55 Å². The highest BCUT2D eigenvalue weighted by molar-refractivity contribution is 5.92. The lowest BCUT2D eigenvalue weighted by atomic mass is 10.1. The number of aromatic carboxylic acids is 1. The number of rotatable bonds is 2. The van der Waals surface area contributed by atoms with Gasteiger partial charge in [-0.05, 0) is 36.8 Å². The first kappa shape index (κ1) is 12.9. The van der Waals surface area contributed by atoms with E-state index < -0.39 is 5.97 Å². The summed E-state index contributed by atoms with van der Waals surface area (Å²) in [5, 5.41) is 18.4. The van der Waals surface area contributed by atoms with Crippen LogP contribution in [0.5, 0.6) is 0 Å². The van der Waals surface area contributed by atoms with E-state index in [1.54, 1.807) is 23.0 Å². The molecule has 0 spiro atoms. The van der Waals surface area contributed by atoms with Gasteiger partial charge >= 0.3 is 5.97 Å². The molecule has 1 heterocycles. The van der Waals surface area contributed by atoms with Crippen LogP contribution in [0.15, 0.2) is 42.7 Å². The van der Waals surface area contributed by atoms with E-state index in [0.29, 0.717) is 22.3 Å². The highest BCUT2D eigenvalue weighted by atomic mass is 16.4. The Morgan fingerprint density at radius 1 is 1.33 bits per heavy atom. The number of nitrogens with zero attached hydrogens (tertiary/aromatic N) is 3. The molecule has 1 N–H and O–H groups in total. The van der Waals surface area contributed by atoms with Crippen molar-refractivity contribution in [2.75, 3.05) is 0 Å². The summed E-state index contributed by atoms with van der Waals surface area (Å²) in [5.41, 5.74) is 3.66. The Balaban J connectivity index is 2.31. The molecule has 0 fully saturated rings. The van der Waals surface area contributed by atoms with E-state index in [1.807, 2.05) is 25.1 Å². The number of hydrogen-bond donors (Lipinski definition) is 1. The van der Waals surface area contributed by atoms with Crippen molar-refractivity contribution in [3.8, 4) is 11.8 Å². The van der Waals surface area contributed by atoms with Gasteiger partial charge in [0, 0.05) is 0 Å². The van der Waals surface area contributed by atoms with Crippen molar-refractivity contribution in [2.45, 2.75) is 6.92 Å². The Bertz CT molecular complexity index is 904.